The van der Waals surface area contributed by atoms with E-state index in [1.54, 1.807) is 7.11 Å². The van der Waals surface area contributed by atoms with Gasteiger partial charge in [0.05, 0.1) is 12.7 Å². The number of rotatable bonds is 6. The summed E-state index contributed by atoms with van der Waals surface area (Å²) in [7, 11) is 3.76. The fraction of sp³-hybridized carbons (Fsp3) is 1.00. The molecule has 0 saturated carbocycles. The Kier molecular flexibility index (Phi) is 5.40. The van der Waals surface area contributed by atoms with Crippen LogP contribution in [0.15, 0.2) is 0 Å². The Morgan fingerprint density at radius 3 is 3.00 bits per heavy atom. The zero-order valence-corrected chi connectivity index (χ0v) is 9.20. The zero-order chi connectivity index (χ0) is 10.4. The fourth-order valence-electron chi connectivity index (χ4n) is 1.90. The van der Waals surface area contributed by atoms with Crippen LogP contribution < -0.4 is 5.32 Å². The lowest BCUT2D eigenvalue weighted by molar-refractivity contribution is 0.0641. The van der Waals surface area contributed by atoms with Gasteiger partial charge in [-0.25, -0.2) is 0 Å². The minimum absolute atomic E-state index is 0.376. The average molecular weight is 202 g/mol. The van der Waals surface area contributed by atoms with Gasteiger partial charge in [0.1, 0.15) is 0 Å². The molecule has 0 aromatic heterocycles. The summed E-state index contributed by atoms with van der Waals surface area (Å²) in [5.74, 6) is 0.745. The van der Waals surface area contributed by atoms with E-state index in [9.17, 15) is 5.11 Å². The van der Waals surface area contributed by atoms with Crippen molar-refractivity contribution in [2.75, 3.05) is 46.9 Å². The van der Waals surface area contributed by atoms with E-state index in [0.717, 1.165) is 12.5 Å². The summed E-state index contributed by atoms with van der Waals surface area (Å²) < 4.78 is 4.84. The Morgan fingerprint density at radius 2 is 2.43 bits per heavy atom. The number of hydrogen-bond acceptors (Lipinski definition) is 4. The van der Waals surface area contributed by atoms with Crippen LogP contribution in [0.3, 0.4) is 0 Å². The highest BCUT2D eigenvalue weighted by atomic mass is 16.5. The van der Waals surface area contributed by atoms with Crippen LogP contribution >= 0.6 is 0 Å². The first-order valence-corrected chi connectivity index (χ1v) is 5.28. The Labute approximate surface area is 86.2 Å². The van der Waals surface area contributed by atoms with E-state index in [-0.39, 0.29) is 6.10 Å². The van der Waals surface area contributed by atoms with Gasteiger partial charge in [-0.1, -0.05) is 0 Å². The number of likely N-dealkylation sites (tertiary alicyclic amines) is 1. The highest BCUT2D eigenvalue weighted by Gasteiger charge is 2.18. The van der Waals surface area contributed by atoms with Gasteiger partial charge in [-0.3, -0.25) is 0 Å². The van der Waals surface area contributed by atoms with Crippen LogP contribution in [-0.4, -0.2) is 63.1 Å². The van der Waals surface area contributed by atoms with E-state index in [1.165, 1.54) is 19.5 Å². The predicted molar refractivity (Wildman–Crippen MR) is 56.4 cm³/mol. The number of aliphatic hydroxyl groups excluding tert-OH is 1. The molecule has 84 valence electrons. The Morgan fingerprint density at radius 1 is 1.64 bits per heavy atom. The van der Waals surface area contributed by atoms with Gasteiger partial charge in [0.2, 0.25) is 0 Å². The Bertz CT molecular complexity index is 155. The van der Waals surface area contributed by atoms with Crippen molar-refractivity contribution in [3.05, 3.63) is 0 Å². The molecule has 0 bridgehead atoms. The molecule has 0 radical (unpaired) electrons. The molecule has 0 spiro atoms. The molecule has 0 aliphatic carbocycles. The van der Waals surface area contributed by atoms with Gasteiger partial charge in [-0.15, -0.1) is 0 Å². The van der Waals surface area contributed by atoms with Gasteiger partial charge in [0.25, 0.3) is 0 Å². The average Bonchev–Trinajstić information content (AvgIpc) is 2.52. The van der Waals surface area contributed by atoms with E-state index < -0.39 is 0 Å². The maximum atomic E-state index is 9.38. The molecule has 0 amide bonds. The number of ether oxygens (including phenoxy) is 1. The molecular weight excluding hydrogens is 180 g/mol. The summed E-state index contributed by atoms with van der Waals surface area (Å²) in [4.78, 5) is 2.35. The largest absolute Gasteiger partial charge is 0.389 e. The van der Waals surface area contributed by atoms with E-state index >= 15 is 0 Å². The number of nitrogens with zero attached hydrogens (tertiary/aromatic N) is 1. The van der Waals surface area contributed by atoms with Crippen LogP contribution in [-0.2, 0) is 4.74 Å². The third kappa shape index (κ3) is 4.37. The smallest absolute Gasteiger partial charge is 0.0897 e. The van der Waals surface area contributed by atoms with E-state index in [2.05, 4.69) is 17.3 Å². The minimum Gasteiger partial charge on any atom is -0.389 e. The van der Waals surface area contributed by atoms with Crippen LogP contribution in [0, 0.1) is 5.92 Å². The molecule has 1 heterocycles. The molecule has 1 saturated heterocycles. The molecule has 2 unspecified atom stereocenters. The maximum absolute atomic E-state index is 9.38. The third-order valence-electron chi connectivity index (χ3n) is 2.66. The summed E-state index contributed by atoms with van der Waals surface area (Å²) >= 11 is 0. The van der Waals surface area contributed by atoms with Gasteiger partial charge >= 0.3 is 0 Å². The van der Waals surface area contributed by atoms with Crippen molar-refractivity contribution < 1.29 is 9.84 Å². The fourth-order valence-corrected chi connectivity index (χ4v) is 1.90. The number of aliphatic hydroxyl groups is 1. The molecular formula is C10H22N2O2. The zero-order valence-electron chi connectivity index (χ0n) is 9.20. The molecule has 1 aliphatic heterocycles. The lowest BCUT2D eigenvalue weighted by atomic mass is 10.1. The van der Waals surface area contributed by atoms with E-state index in [0.29, 0.717) is 13.2 Å². The van der Waals surface area contributed by atoms with E-state index in [1.807, 2.05) is 0 Å². The predicted octanol–water partition coefficient (Wildman–Crippen LogP) is -0.465. The molecule has 4 heteroatoms. The van der Waals surface area contributed by atoms with Crippen LogP contribution in [0.2, 0.25) is 0 Å². The van der Waals surface area contributed by atoms with Crippen molar-refractivity contribution in [3.63, 3.8) is 0 Å². The molecule has 2 atom stereocenters. The van der Waals surface area contributed by atoms with Crippen molar-refractivity contribution in [1.29, 1.82) is 0 Å². The van der Waals surface area contributed by atoms with Gasteiger partial charge < -0.3 is 20.1 Å². The molecule has 1 rings (SSSR count). The first-order chi connectivity index (χ1) is 6.72. The van der Waals surface area contributed by atoms with Crippen molar-refractivity contribution in [2.45, 2.75) is 12.5 Å². The second kappa shape index (κ2) is 6.35. The molecule has 2 N–H and O–H groups in total. The van der Waals surface area contributed by atoms with Gasteiger partial charge in [-0.05, 0) is 32.5 Å². The lowest BCUT2D eigenvalue weighted by Crippen LogP contribution is -2.33. The topological polar surface area (TPSA) is 44.7 Å². The highest BCUT2D eigenvalue weighted by Crippen LogP contribution is 2.12. The molecule has 14 heavy (non-hydrogen) atoms. The summed E-state index contributed by atoms with van der Waals surface area (Å²) in [5, 5.41) is 12.7. The second-order valence-electron chi connectivity index (χ2n) is 4.18. The Hall–Kier alpha value is -0.160. The first kappa shape index (κ1) is 11.9. The van der Waals surface area contributed by atoms with Crippen LogP contribution in [0.25, 0.3) is 0 Å². The summed E-state index contributed by atoms with van der Waals surface area (Å²) in [6.07, 6.45) is 0.892. The summed E-state index contributed by atoms with van der Waals surface area (Å²) in [6.45, 7) is 4.43. The summed E-state index contributed by atoms with van der Waals surface area (Å²) in [6, 6.07) is 0. The number of methoxy groups -OCH3 is 1. The summed E-state index contributed by atoms with van der Waals surface area (Å²) in [5.41, 5.74) is 0. The number of hydrogen-bond donors (Lipinski definition) is 2. The maximum Gasteiger partial charge on any atom is 0.0897 e. The first-order valence-electron chi connectivity index (χ1n) is 5.28. The second-order valence-corrected chi connectivity index (χ2v) is 4.18. The van der Waals surface area contributed by atoms with Crippen LogP contribution in [0.5, 0.6) is 0 Å². The molecule has 1 aliphatic rings. The minimum atomic E-state index is -0.376. The van der Waals surface area contributed by atoms with Gasteiger partial charge in [-0.2, -0.15) is 0 Å². The molecule has 0 aromatic carbocycles. The standard InChI is InChI=1S/C10H22N2O2/c1-12-4-3-9(7-12)5-11-6-10(13)8-14-2/h9-11,13H,3-8H2,1-2H3. The Balaban J connectivity index is 1.98. The number of nitrogens with one attached hydrogen (secondary N) is 1. The molecule has 4 nitrogen and oxygen atoms in total. The molecule has 1 fully saturated rings. The molecule has 0 aromatic rings. The monoisotopic (exact) mass is 202 g/mol. The van der Waals surface area contributed by atoms with Gasteiger partial charge in [0, 0.05) is 20.2 Å². The van der Waals surface area contributed by atoms with Crippen molar-refractivity contribution in [1.82, 2.24) is 10.2 Å². The van der Waals surface area contributed by atoms with E-state index in [4.69, 9.17) is 4.74 Å². The SMILES string of the molecule is COCC(O)CNCC1CCN(C)C1. The van der Waals surface area contributed by atoms with Crippen molar-refractivity contribution in [3.8, 4) is 0 Å². The van der Waals surface area contributed by atoms with Crippen LogP contribution in [0.4, 0.5) is 0 Å². The highest BCUT2D eigenvalue weighted by molar-refractivity contribution is 4.75. The normalized spacial score (nSPS) is 25.5. The van der Waals surface area contributed by atoms with Gasteiger partial charge in [0.15, 0.2) is 0 Å². The van der Waals surface area contributed by atoms with Crippen LogP contribution in [0.1, 0.15) is 6.42 Å². The van der Waals surface area contributed by atoms with Crippen molar-refractivity contribution >= 4 is 0 Å². The lowest BCUT2D eigenvalue weighted by Gasteiger charge is -2.14. The third-order valence-corrected chi connectivity index (χ3v) is 2.66. The quantitative estimate of drug-likeness (QED) is 0.611. The van der Waals surface area contributed by atoms with Crippen molar-refractivity contribution in [2.24, 2.45) is 5.92 Å².